The lowest BCUT2D eigenvalue weighted by Crippen LogP contribution is -2.30. The third-order valence-corrected chi connectivity index (χ3v) is 3.40. The summed E-state index contributed by atoms with van der Waals surface area (Å²) >= 11 is 0. The van der Waals surface area contributed by atoms with Gasteiger partial charge < -0.3 is 0 Å². The second-order valence-corrected chi connectivity index (χ2v) is 5.01. The van der Waals surface area contributed by atoms with E-state index in [2.05, 4.69) is 5.43 Å². The molecule has 0 aliphatic rings. The summed E-state index contributed by atoms with van der Waals surface area (Å²) in [5, 5.41) is 0. The summed E-state index contributed by atoms with van der Waals surface area (Å²) < 4.78 is 27.7. The van der Waals surface area contributed by atoms with Crippen LogP contribution in [0.2, 0.25) is 0 Å². The van der Waals surface area contributed by atoms with Crippen molar-refractivity contribution < 1.29 is 8.78 Å². The highest BCUT2D eigenvalue weighted by Crippen LogP contribution is 2.24. The summed E-state index contributed by atoms with van der Waals surface area (Å²) in [6, 6.07) is 10.5. The predicted octanol–water partition coefficient (Wildman–Crippen LogP) is 3.33. The Morgan fingerprint density at radius 3 is 2.50 bits per heavy atom. The van der Waals surface area contributed by atoms with Crippen molar-refractivity contribution in [3.05, 3.63) is 70.3 Å². The van der Waals surface area contributed by atoms with Crippen LogP contribution >= 0.6 is 0 Å². The van der Waals surface area contributed by atoms with E-state index < -0.39 is 17.7 Å². The van der Waals surface area contributed by atoms with Crippen LogP contribution in [0.1, 0.15) is 28.3 Å². The molecule has 0 fully saturated rings. The van der Waals surface area contributed by atoms with E-state index in [1.807, 2.05) is 31.2 Å². The van der Waals surface area contributed by atoms with Crippen molar-refractivity contribution in [1.82, 2.24) is 5.43 Å². The number of hydrazine groups is 1. The van der Waals surface area contributed by atoms with Crippen molar-refractivity contribution in [2.24, 2.45) is 5.84 Å². The van der Waals surface area contributed by atoms with Gasteiger partial charge in [0.25, 0.3) is 0 Å². The second-order valence-electron chi connectivity index (χ2n) is 5.01. The lowest BCUT2D eigenvalue weighted by Gasteiger charge is -2.18. The zero-order chi connectivity index (χ0) is 14.7. The quantitative estimate of drug-likeness (QED) is 0.664. The van der Waals surface area contributed by atoms with Crippen molar-refractivity contribution in [2.45, 2.75) is 26.3 Å². The maximum Gasteiger partial charge on any atom is 0.163 e. The molecule has 0 amide bonds. The van der Waals surface area contributed by atoms with Crippen LogP contribution in [0, 0.1) is 25.5 Å². The Morgan fingerprint density at radius 2 is 1.85 bits per heavy atom. The highest BCUT2D eigenvalue weighted by molar-refractivity contribution is 5.30. The number of aryl methyl sites for hydroxylation is 2. The van der Waals surface area contributed by atoms with Gasteiger partial charge in [-0.2, -0.15) is 0 Å². The molecular formula is C16H18F2N2. The summed E-state index contributed by atoms with van der Waals surface area (Å²) in [6.45, 7) is 3.52. The van der Waals surface area contributed by atoms with Crippen molar-refractivity contribution in [3.8, 4) is 0 Å². The highest BCUT2D eigenvalue weighted by atomic mass is 19.2. The van der Waals surface area contributed by atoms with E-state index in [1.54, 1.807) is 12.1 Å². The number of hydrogen-bond acceptors (Lipinski definition) is 2. The monoisotopic (exact) mass is 276 g/mol. The standard InChI is InChI=1S/C16H18F2N2/c1-10-4-3-5-12(8-10)9-14(20-19)13-7-6-11(2)15(17)16(13)18/h3-8,14,20H,9,19H2,1-2H3. The molecule has 1 unspecified atom stereocenters. The molecule has 0 heterocycles. The van der Waals surface area contributed by atoms with Gasteiger partial charge >= 0.3 is 0 Å². The van der Waals surface area contributed by atoms with E-state index >= 15 is 0 Å². The summed E-state index contributed by atoms with van der Waals surface area (Å²) in [5.74, 6) is 3.86. The average Bonchev–Trinajstić information content (AvgIpc) is 2.43. The van der Waals surface area contributed by atoms with Crippen molar-refractivity contribution in [1.29, 1.82) is 0 Å². The first-order chi connectivity index (χ1) is 9.52. The SMILES string of the molecule is Cc1cccc(CC(NN)c2ccc(C)c(F)c2F)c1. The third kappa shape index (κ3) is 3.03. The molecule has 20 heavy (non-hydrogen) atoms. The van der Waals surface area contributed by atoms with Crippen LogP contribution in [0.15, 0.2) is 36.4 Å². The molecular weight excluding hydrogens is 258 g/mol. The second kappa shape index (κ2) is 6.11. The molecule has 0 radical (unpaired) electrons. The molecule has 0 aromatic heterocycles. The Labute approximate surface area is 117 Å². The van der Waals surface area contributed by atoms with E-state index in [-0.39, 0.29) is 11.1 Å². The Hall–Kier alpha value is -1.78. The van der Waals surface area contributed by atoms with E-state index in [1.165, 1.54) is 6.92 Å². The smallest absolute Gasteiger partial charge is 0.163 e. The van der Waals surface area contributed by atoms with Crippen LogP contribution in [0.5, 0.6) is 0 Å². The summed E-state index contributed by atoms with van der Waals surface area (Å²) in [6.07, 6.45) is 0.498. The number of nitrogens with two attached hydrogens (primary N) is 1. The number of benzene rings is 2. The number of rotatable bonds is 4. The molecule has 0 aliphatic carbocycles. The van der Waals surface area contributed by atoms with Crippen LogP contribution < -0.4 is 11.3 Å². The highest BCUT2D eigenvalue weighted by Gasteiger charge is 2.19. The average molecular weight is 276 g/mol. The van der Waals surface area contributed by atoms with Crippen LogP contribution in [0.4, 0.5) is 8.78 Å². The van der Waals surface area contributed by atoms with Crippen molar-refractivity contribution in [3.63, 3.8) is 0 Å². The molecule has 0 spiro atoms. The molecule has 4 heteroatoms. The van der Waals surface area contributed by atoms with Crippen LogP contribution in [-0.4, -0.2) is 0 Å². The lowest BCUT2D eigenvalue weighted by molar-refractivity contribution is 0.461. The number of nitrogens with one attached hydrogen (secondary N) is 1. The van der Waals surface area contributed by atoms with Gasteiger partial charge in [-0.1, -0.05) is 42.0 Å². The Morgan fingerprint density at radius 1 is 1.10 bits per heavy atom. The minimum atomic E-state index is -0.833. The number of hydrogen-bond donors (Lipinski definition) is 2. The van der Waals surface area contributed by atoms with Crippen LogP contribution in [0.25, 0.3) is 0 Å². The van der Waals surface area contributed by atoms with Gasteiger partial charge in [0.05, 0.1) is 6.04 Å². The molecule has 2 rings (SSSR count). The topological polar surface area (TPSA) is 38.0 Å². The molecule has 2 nitrogen and oxygen atoms in total. The minimum Gasteiger partial charge on any atom is -0.271 e. The molecule has 0 aliphatic heterocycles. The number of halogens is 2. The zero-order valence-electron chi connectivity index (χ0n) is 11.6. The maximum atomic E-state index is 14.0. The normalized spacial score (nSPS) is 12.4. The fourth-order valence-corrected chi connectivity index (χ4v) is 2.26. The van der Waals surface area contributed by atoms with E-state index in [0.29, 0.717) is 6.42 Å². The summed E-state index contributed by atoms with van der Waals surface area (Å²) in [4.78, 5) is 0. The van der Waals surface area contributed by atoms with Gasteiger partial charge in [-0.05, 0) is 31.4 Å². The summed E-state index contributed by atoms with van der Waals surface area (Å²) in [5.41, 5.74) is 5.24. The first-order valence-electron chi connectivity index (χ1n) is 6.49. The van der Waals surface area contributed by atoms with Gasteiger partial charge in [0.15, 0.2) is 11.6 Å². The molecule has 2 aromatic carbocycles. The van der Waals surface area contributed by atoms with Gasteiger partial charge in [-0.3, -0.25) is 11.3 Å². The van der Waals surface area contributed by atoms with Gasteiger partial charge in [0.1, 0.15) is 0 Å². The molecule has 1 atom stereocenters. The summed E-state index contributed by atoms with van der Waals surface area (Å²) in [7, 11) is 0. The van der Waals surface area contributed by atoms with E-state index in [0.717, 1.165) is 11.1 Å². The molecule has 2 aromatic rings. The van der Waals surface area contributed by atoms with Crippen molar-refractivity contribution in [2.75, 3.05) is 0 Å². The lowest BCUT2D eigenvalue weighted by atomic mass is 9.97. The predicted molar refractivity (Wildman–Crippen MR) is 76.0 cm³/mol. The van der Waals surface area contributed by atoms with E-state index in [9.17, 15) is 8.78 Å². The fraction of sp³-hybridized carbons (Fsp3) is 0.250. The van der Waals surface area contributed by atoms with Gasteiger partial charge in [-0.15, -0.1) is 0 Å². The largest absolute Gasteiger partial charge is 0.271 e. The molecule has 3 N–H and O–H groups in total. The Balaban J connectivity index is 2.31. The van der Waals surface area contributed by atoms with Gasteiger partial charge in [0, 0.05) is 5.56 Å². The van der Waals surface area contributed by atoms with E-state index in [4.69, 9.17) is 5.84 Å². The maximum absolute atomic E-state index is 14.0. The molecule has 106 valence electrons. The van der Waals surface area contributed by atoms with Gasteiger partial charge in [-0.25, -0.2) is 8.78 Å². The van der Waals surface area contributed by atoms with Crippen LogP contribution in [0.3, 0.4) is 0 Å². The molecule has 0 saturated heterocycles. The first kappa shape index (κ1) is 14.6. The zero-order valence-corrected chi connectivity index (χ0v) is 11.6. The molecule has 0 bridgehead atoms. The minimum absolute atomic E-state index is 0.247. The van der Waals surface area contributed by atoms with Crippen LogP contribution in [-0.2, 0) is 6.42 Å². The van der Waals surface area contributed by atoms with Crippen molar-refractivity contribution >= 4 is 0 Å². The molecule has 0 saturated carbocycles. The first-order valence-corrected chi connectivity index (χ1v) is 6.49. The van der Waals surface area contributed by atoms with Gasteiger partial charge in [0.2, 0.25) is 0 Å². The fourth-order valence-electron chi connectivity index (χ4n) is 2.26. The Kier molecular flexibility index (Phi) is 4.47. The third-order valence-electron chi connectivity index (χ3n) is 3.40. The Bertz CT molecular complexity index is 611.